The maximum atomic E-state index is 12.2. The van der Waals surface area contributed by atoms with E-state index in [0.29, 0.717) is 17.7 Å². The highest BCUT2D eigenvalue weighted by molar-refractivity contribution is 6.01. The summed E-state index contributed by atoms with van der Waals surface area (Å²) in [7, 11) is 0. The second-order valence-electron chi connectivity index (χ2n) is 5.68. The van der Waals surface area contributed by atoms with Crippen LogP contribution < -0.4 is 21.7 Å². The summed E-state index contributed by atoms with van der Waals surface area (Å²) >= 11 is 0. The average molecular weight is 386 g/mol. The molecule has 10 heteroatoms. The van der Waals surface area contributed by atoms with E-state index in [1.165, 1.54) is 24.3 Å². The number of nitrogens with two attached hydrogens (primary N) is 1. The van der Waals surface area contributed by atoms with Gasteiger partial charge >= 0.3 is 11.7 Å². The van der Waals surface area contributed by atoms with Crippen molar-refractivity contribution in [1.29, 1.82) is 5.26 Å². The van der Waals surface area contributed by atoms with Gasteiger partial charge in [0.15, 0.2) is 13.2 Å². The van der Waals surface area contributed by atoms with Crippen LogP contribution in [0.4, 0.5) is 5.82 Å². The van der Waals surface area contributed by atoms with E-state index in [9.17, 15) is 19.2 Å². The minimum atomic E-state index is -0.940. The van der Waals surface area contributed by atoms with Crippen LogP contribution in [0.3, 0.4) is 0 Å². The van der Waals surface area contributed by atoms with Crippen molar-refractivity contribution in [2.24, 2.45) is 0 Å². The van der Waals surface area contributed by atoms with Crippen molar-refractivity contribution >= 4 is 17.6 Å². The summed E-state index contributed by atoms with van der Waals surface area (Å²) in [5.41, 5.74) is 4.12. The third-order valence-electron chi connectivity index (χ3n) is 3.67. The smallest absolute Gasteiger partial charge is 0.344 e. The Bertz CT molecular complexity index is 1030. The van der Waals surface area contributed by atoms with Gasteiger partial charge in [-0.3, -0.25) is 19.1 Å². The van der Waals surface area contributed by atoms with Crippen molar-refractivity contribution in [2.45, 2.75) is 19.9 Å². The Hall–Kier alpha value is -3.87. The van der Waals surface area contributed by atoms with Crippen molar-refractivity contribution in [1.82, 2.24) is 9.55 Å². The zero-order valence-corrected chi connectivity index (χ0v) is 15.1. The molecule has 0 saturated heterocycles. The lowest BCUT2D eigenvalue weighted by atomic mass is 10.2. The van der Waals surface area contributed by atoms with Crippen LogP contribution in [0, 0.1) is 11.3 Å². The number of ketones is 1. The molecule has 3 N–H and O–H groups in total. The van der Waals surface area contributed by atoms with Crippen LogP contribution in [0.25, 0.3) is 0 Å². The topological polar surface area (TPSA) is 157 Å². The standard InChI is InChI=1S/C18H18N4O6/c1-2-7-22-16(20)15(17(25)21-18(22)26)13(23)9-28-14(24)10-27-12-5-3-11(8-19)4-6-12/h3-6H,2,7,9-10,20H2,1H3,(H,21,25,26). The number of ether oxygens (including phenoxy) is 2. The minimum absolute atomic E-state index is 0.222. The van der Waals surface area contributed by atoms with Gasteiger partial charge in [-0.15, -0.1) is 0 Å². The largest absolute Gasteiger partial charge is 0.482 e. The first-order valence-corrected chi connectivity index (χ1v) is 8.31. The number of nitrogen functional groups attached to an aromatic ring is 1. The number of hydrogen-bond donors (Lipinski definition) is 2. The molecule has 0 aliphatic rings. The van der Waals surface area contributed by atoms with Crippen molar-refractivity contribution in [3.05, 3.63) is 56.2 Å². The molecule has 1 aromatic heterocycles. The first-order chi connectivity index (χ1) is 13.4. The Morgan fingerprint density at radius 2 is 1.89 bits per heavy atom. The second kappa shape index (κ2) is 9.18. The van der Waals surface area contributed by atoms with Crippen molar-refractivity contribution in [3.63, 3.8) is 0 Å². The molecule has 1 heterocycles. The normalized spacial score (nSPS) is 10.1. The quantitative estimate of drug-likeness (QED) is 0.481. The van der Waals surface area contributed by atoms with Crippen molar-refractivity contribution in [2.75, 3.05) is 18.9 Å². The van der Waals surface area contributed by atoms with Gasteiger partial charge in [-0.25, -0.2) is 9.59 Å². The maximum Gasteiger partial charge on any atom is 0.344 e. The SMILES string of the molecule is CCCn1c(N)c(C(=O)COC(=O)COc2ccc(C#N)cc2)c(=O)[nH]c1=O. The lowest BCUT2D eigenvalue weighted by molar-refractivity contribution is -0.144. The van der Waals surface area contributed by atoms with Crippen LogP contribution in [-0.2, 0) is 16.1 Å². The predicted octanol–water partition coefficient (Wildman–Crippen LogP) is 0.205. The zero-order chi connectivity index (χ0) is 20.7. The molecule has 0 fully saturated rings. The third kappa shape index (κ3) is 4.85. The molecule has 0 unspecified atom stereocenters. The summed E-state index contributed by atoms with van der Waals surface area (Å²) in [6, 6.07) is 8.00. The molecule has 0 spiro atoms. The van der Waals surface area contributed by atoms with Crippen LogP contribution in [0.1, 0.15) is 29.3 Å². The number of Topliss-reactive ketones (excluding diaryl/α,β-unsaturated/α-hetero) is 1. The number of esters is 1. The maximum absolute atomic E-state index is 12.2. The van der Waals surface area contributed by atoms with E-state index in [1.54, 1.807) is 6.92 Å². The molecule has 10 nitrogen and oxygen atoms in total. The molecule has 146 valence electrons. The number of aromatic nitrogens is 2. The average Bonchev–Trinajstić information content (AvgIpc) is 2.68. The summed E-state index contributed by atoms with van der Waals surface area (Å²) in [6.07, 6.45) is 0.561. The lowest BCUT2D eigenvalue weighted by Gasteiger charge is -2.11. The Labute approximate surface area is 159 Å². The Morgan fingerprint density at radius 1 is 1.21 bits per heavy atom. The van der Waals surface area contributed by atoms with Gasteiger partial charge in [-0.05, 0) is 30.7 Å². The number of nitrogens with zero attached hydrogens (tertiary/aromatic N) is 2. The molecule has 0 amide bonds. The fourth-order valence-electron chi connectivity index (χ4n) is 2.33. The lowest BCUT2D eigenvalue weighted by Crippen LogP contribution is -2.37. The van der Waals surface area contributed by atoms with Gasteiger partial charge in [-0.2, -0.15) is 5.26 Å². The van der Waals surface area contributed by atoms with E-state index in [2.05, 4.69) is 0 Å². The number of nitrogens with one attached hydrogen (secondary N) is 1. The molecule has 0 bridgehead atoms. The van der Waals surface area contributed by atoms with Crippen LogP contribution >= 0.6 is 0 Å². The predicted molar refractivity (Wildman–Crippen MR) is 98.0 cm³/mol. The van der Waals surface area contributed by atoms with Crippen molar-refractivity contribution in [3.8, 4) is 11.8 Å². The molecule has 1 aromatic carbocycles. The summed E-state index contributed by atoms with van der Waals surface area (Å²) in [5.74, 6) is -1.61. The molecule has 0 saturated carbocycles. The summed E-state index contributed by atoms with van der Waals surface area (Å²) in [5, 5.41) is 8.71. The van der Waals surface area contributed by atoms with Crippen LogP contribution in [-0.4, -0.2) is 34.5 Å². The first kappa shape index (κ1) is 20.4. The fraction of sp³-hybridized carbons (Fsp3) is 0.278. The highest BCUT2D eigenvalue weighted by Crippen LogP contribution is 2.11. The Balaban J connectivity index is 1.98. The number of carbonyl (C=O) groups is 2. The van der Waals surface area contributed by atoms with Gasteiger partial charge in [0.2, 0.25) is 5.78 Å². The second-order valence-corrected chi connectivity index (χ2v) is 5.68. The van der Waals surface area contributed by atoms with E-state index in [0.717, 1.165) is 4.57 Å². The Kier molecular flexibility index (Phi) is 6.70. The summed E-state index contributed by atoms with van der Waals surface area (Å²) < 4.78 is 11.1. The van der Waals surface area contributed by atoms with Gasteiger partial charge < -0.3 is 15.2 Å². The number of aromatic amines is 1. The first-order valence-electron chi connectivity index (χ1n) is 8.31. The minimum Gasteiger partial charge on any atom is -0.482 e. The number of hydrogen-bond acceptors (Lipinski definition) is 8. The molecule has 0 atom stereocenters. The highest BCUT2D eigenvalue weighted by atomic mass is 16.6. The van der Waals surface area contributed by atoms with E-state index in [-0.39, 0.29) is 12.4 Å². The third-order valence-corrected chi connectivity index (χ3v) is 3.67. The number of anilines is 1. The van der Waals surface area contributed by atoms with Crippen molar-refractivity contribution < 1.29 is 19.1 Å². The van der Waals surface area contributed by atoms with Crippen LogP contribution in [0.2, 0.25) is 0 Å². The molecule has 28 heavy (non-hydrogen) atoms. The number of carbonyl (C=O) groups excluding carboxylic acids is 2. The summed E-state index contributed by atoms with van der Waals surface area (Å²) in [4.78, 5) is 49.7. The van der Waals surface area contributed by atoms with Gasteiger partial charge in [0, 0.05) is 6.54 Å². The molecular formula is C18H18N4O6. The monoisotopic (exact) mass is 386 g/mol. The van der Waals surface area contributed by atoms with E-state index < -0.39 is 41.8 Å². The van der Waals surface area contributed by atoms with E-state index in [4.69, 9.17) is 20.5 Å². The fourth-order valence-corrected chi connectivity index (χ4v) is 2.33. The van der Waals surface area contributed by atoms with Gasteiger partial charge in [0.1, 0.15) is 17.1 Å². The van der Waals surface area contributed by atoms with Gasteiger partial charge in [-0.1, -0.05) is 6.92 Å². The van der Waals surface area contributed by atoms with Gasteiger partial charge in [0.25, 0.3) is 5.56 Å². The number of H-pyrrole nitrogens is 1. The number of nitriles is 1. The number of rotatable bonds is 8. The summed E-state index contributed by atoms with van der Waals surface area (Å²) in [6.45, 7) is 0.821. The van der Waals surface area contributed by atoms with E-state index >= 15 is 0 Å². The molecular weight excluding hydrogens is 368 g/mol. The van der Waals surface area contributed by atoms with E-state index in [1.807, 2.05) is 11.1 Å². The molecule has 0 aliphatic heterocycles. The molecule has 2 rings (SSSR count). The van der Waals surface area contributed by atoms with Crippen LogP contribution in [0.5, 0.6) is 5.75 Å². The van der Waals surface area contributed by atoms with Gasteiger partial charge in [0.05, 0.1) is 11.6 Å². The molecule has 0 radical (unpaired) electrons. The molecule has 2 aromatic rings. The van der Waals surface area contributed by atoms with Crippen LogP contribution in [0.15, 0.2) is 33.9 Å². The highest BCUT2D eigenvalue weighted by Gasteiger charge is 2.20. The number of benzene rings is 1. The zero-order valence-electron chi connectivity index (χ0n) is 15.1. The molecule has 0 aliphatic carbocycles. The Morgan fingerprint density at radius 3 is 2.50 bits per heavy atom.